The van der Waals surface area contributed by atoms with Crippen LogP contribution in [0.4, 0.5) is 36.3 Å². The molecule has 0 spiro atoms. The zero-order chi connectivity index (χ0) is 106. The maximum Gasteiger partial charge on any atom is 0.408 e. The number of hydrogen-bond acceptors (Lipinski definition) is 18. The number of carbonyl (C=O) groups excluding carboxylic acids is 10. The molecular formula is C115H111ClF5N7O18. The molecule has 8 N–H and O–H groups in total. The van der Waals surface area contributed by atoms with E-state index in [1.807, 2.05) is 203 Å². The Labute approximate surface area is 847 Å². The van der Waals surface area contributed by atoms with Crippen LogP contribution in [0.2, 0.25) is 5.02 Å². The molecule has 3 aliphatic heterocycles. The zero-order valence-corrected chi connectivity index (χ0v) is 82.7. The highest BCUT2D eigenvalue weighted by molar-refractivity contribution is 6.32. The minimum Gasteiger partial charge on any atom is -0.489 e. The van der Waals surface area contributed by atoms with E-state index in [0.717, 1.165) is 73.3 Å². The third-order valence-electron chi connectivity index (χ3n) is 21.9. The third-order valence-corrected chi connectivity index (χ3v) is 22.2. The van der Waals surface area contributed by atoms with Crippen LogP contribution in [0.1, 0.15) is 171 Å². The van der Waals surface area contributed by atoms with Crippen molar-refractivity contribution >= 4 is 77.3 Å². The number of hydrogen-bond donors (Lipinski definition) is 7. The number of nitrogens with zero attached hydrogens (tertiary/aromatic N) is 2. The average molecular weight is 2010 g/mol. The predicted molar refractivity (Wildman–Crippen MR) is 545 cm³/mol. The fourth-order valence-corrected chi connectivity index (χ4v) is 15.4. The number of esters is 1. The molecule has 3 aliphatic rings. The molecule has 756 valence electrons. The highest BCUT2D eigenvalue weighted by Crippen LogP contribution is 2.34. The van der Waals surface area contributed by atoms with E-state index >= 15 is 0 Å². The van der Waals surface area contributed by atoms with Gasteiger partial charge in [-0.25, -0.2) is 37.1 Å². The highest BCUT2D eigenvalue weighted by atomic mass is 35.5. The quantitative estimate of drug-likeness (QED) is 0.00531. The van der Waals surface area contributed by atoms with Crippen molar-refractivity contribution in [3.8, 4) is 56.0 Å². The number of nitrogens with two attached hydrogens (primary N) is 1. The summed E-state index contributed by atoms with van der Waals surface area (Å²) in [5.74, 6) is -17.0. The van der Waals surface area contributed by atoms with E-state index in [1.165, 1.54) is 21.4 Å². The number of alkyl carbamates (subject to hydrolysis) is 3. The summed E-state index contributed by atoms with van der Waals surface area (Å²) in [4.78, 5) is 134. The van der Waals surface area contributed by atoms with Crippen molar-refractivity contribution < 1.29 is 109 Å². The lowest BCUT2D eigenvalue weighted by atomic mass is 10.0. The number of rotatable bonds is 25. The van der Waals surface area contributed by atoms with E-state index in [0.29, 0.717) is 52.6 Å². The van der Waals surface area contributed by atoms with Gasteiger partial charge in [0.15, 0.2) is 0 Å². The van der Waals surface area contributed by atoms with Gasteiger partial charge < -0.3 is 55.6 Å². The Morgan fingerprint density at radius 2 is 0.671 bits per heavy atom. The maximum absolute atomic E-state index is 13.5. The van der Waals surface area contributed by atoms with Gasteiger partial charge in [-0.3, -0.25) is 43.9 Å². The summed E-state index contributed by atoms with van der Waals surface area (Å²) in [6.45, 7) is 19.6. The minimum atomic E-state index is -2.35. The van der Waals surface area contributed by atoms with Crippen molar-refractivity contribution in [2.24, 2.45) is 5.73 Å². The number of aliphatic carboxylic acids is 1. The van der Waals surface area contributed by atoms with Crippen molar-refractivity contribution in [2.45, 2.75) is 149 Å². The van der Waals surface area contributed by atoms with Crippen molar-refractivity contribution in [3.63, 3.8) is 0 Å². The number of aliphatic hydroxyl groups is 1. The van der Waals surface area contributed by atoms with Gasteiger partial charge >= 0.3 is 30.2 Å². The fraction of sp³-hybridized carbons (Fsp3) is 0.226. The minimum absolute atomic E-state index is 0.000520. The molecule has 146 heavy (non-hydrogen) atoms. The second-order valence-electron chi connectivity index (χ2n) is 37.2. The molecule has 31 heteroatoms. The third kappa shape index (κ3) is 31.6. The first-order valence-electron chi connectivity index (χ1n) is 46.6. The van der Waals surface area contributed by atoms with Gasteiger partial charge in [0, 0.05) is 19.0 Å². The van der Waals surface area contributed by atoms with Crippen LogP contribution in [0.25, 0.3) is 44.5 Å². The van der Waals surface area contributed by atoms with Gasteiger partial charge in [0.05, 0.1) is 75.3 Å². The first-order valence-corrected chi connectivity index (χ1v) is 47.0. The van der Waals surface area contributed by atoms with Crippen molar-refractivity contribution in [2.75, 3.05) is 19.7 Å². The van der Waals surface area contributed by atoms with Crippen molar-refractivity contribution in [1.29, 1.82) is 0 Å². The number of fused-ring (bicyclic) bond motifs is 3. The summed E-state index contributed by atoms with van der Waals surface area (Å²) in [5.41, 5.74) is 19.6. The second-order valence-corrected chi connectivity index (χ2v) is 37.6. The number of carboxylic acids is 1. The summed E-state index contributed by atoms with van der Waals surface area (Å²) < 4.78 is 91.6. The van der Waals surface area contributed by atoms with Crippen LogP contribution in [-0.2, 0) is 44.7 Å². The number of aliphatic hydroxyl groups excluding tert-OH is 1. The standard InChI is InChI=1S/C28H28N2O4.C23H20N2O2.C20H23NO4.C20H25NO3.C16H10ClF5O3.C8H5NO2/c1-28(2,3)34-27(33)29-22(18-30-25(31)23-11-7-8-12-24(23)26(30)32)17-19-13-15-21(16-14-19)20-9-5-4-6-10-20;24-19(15-25-22(26)20-8-4-5-9-21(20)23(25)27)14-16-10-12-18(13-11-16)17-6-2-1-3-7-17;1-20(2,3)25-19(24)21-17(18(22)23)13-14-9-11-16(12-10-14)15-7-5-4-6-8-15;1-20(2,3)24-19(23)21-18(14-22)13-15-9-11-17(12-10-15)16-7-5-4-6-8-16;1-6(2)24-9-4-3-7(5-8(9)17)16(23)25-15-13(21)11(19)10(18)12(20)14(15)22;10-7-5-3-1-2-4-6(5)8(11)9-7/h4-16,22H,17-18H2,1-3H3,(H,29,33);1-13,19H,14-15,24H2;4-12,17H,13H2,1-3H3,(H,21,24)(H,22,23);4-12,18,22H,13-14H2,1-3H3,(H,21,23);3-6H,1-2H3;1-4H,(H,9,10,11)/t22-;19-;17-;18-;;/m0000../s1. The van der Waals surface area contributed by atoms with E-state index in [-0.39, 0.29) is 96.1 Å². The molecule has 0 aromatic heterocycles. The lowest BCUT2D eigenvalue weighted by Gasteiger charge is -2.26. The molecule has 0 radical (unpaired) electrons. The molecule has 0 bridgehead atoms. The molecule has 0 fully saturated rings. The summed E-state index contributed by atoms with van der Waals surface area (Å²) in [7, 11) is 0. The lowest BCUT2D eigenvalue weighted by Crippen LogP contribution is -2.48. The fourth-order valence-electron chi connectivity index (χ4n) is 15.1. The Balaban J connectivity index is 0.000000170. The van der Waals surface area contributed by atoms with Crippen LogP contribution in [0.5, 0.6) is 11.5 Å². The van der Waals surface area contributed by atoms with Gasteiger partial charge in [-0.05, 0) is 217 Å². The number of carbonyl (C=O) groups is 11. The Morgan fingerprint density at radius 1 is 0.377 bits per heavy atom. The first kappa shape index (κ1) is 110. The largest absolute Gasteiger partial charge is 0.489 e. The lowest BCUT2D eigenvalue weighted by molar-refractivity contribution is -0.139. The highest BCUT2D eigenvalue weighted by Gasteiger charge is 2.39. The molecular weight excluding hydrogens is 1900 g/mol. The normalized spacial score (nSPS) is 13.0. The van der Waals surface area contributed by atoms with Crippen LogP contribution in [0.3, 0.4) is 0 Å². The number of imide groups is 3. The van der Waals surface area contributed by atoms with Crippen LogP contribution in [-0.4, -0.2) is 152 Å². The van der Waals surface area contributed by atoms with Crippen LogP contribution in [0, 0.1) is 29.1 Å². The van der Waals surface area contributed by atoms with Gasteiger partial charge in [-0.2, -0.15) is 8.78 Å². The van der Waals surface area contributed by atoms with Crippen LogP contribution >= 0.6 is 11.6 Å². The first-order chi connectivity index (χ1) is 69.4. The summed E-state index contributed by atoms with van der Waals surface area (Å²) >= 11 is 5.90. The van der Waals surface area contributed by atoms with E-state index in [2.05, 4.69) is 62.4 Å². The number of halogens is 6. The van der Waals surface area contributed by atoms with Gasteiger partial charge in [0.2, 0.25) is 34.8 Å². The SMILES string of the molecule is CC(C)(C)OC(=O)N[C@@H](Cc1ccc(-c2ccccc2)cc1)C(=O)O.CC(C)(C)OC(=O)N[C@@H](Cc1ccc(-c2ccccc2)cc1)CN1C(=O)c2ccccc2C1=O.CC(C)(C)OC(=O)N[C@H](CO)Cc1ccc(-c2ccccc2)cc1.CC(C)Oc1ccc(C(=O)Oc2c(F)c(F)c(F)c(F)c2F)cc1Cl.N[C@@H](Cc1ccc(-c2ccccc2)cc1)CN1C(=O)c2ccccc2C1=O.O=C1NC(=O)c2ccccc21. The van der Waals surface area contributed by atoms with E-state index < -0.39 is 93.9 Å². The molecule has 13 aromatic carbocycles. The Bertz CT molecular complexity index is 6660. The molecule has 4 atom stereocenters. The average Bonchev–Trinajstić information content (AvgIpc) is 1.17. The Kier molecular flexibility index (Phi) is 38.1. The number of ether oxygens (including phenoxy) is 5. The summed E-state index contributed by atoms with van der Waals surface area (Å²) in [6, 6.07) is 94.0. The molecule has 9 amide bonds. The zero-order valence-electron chi connectivity index (χ0n) is 81.9. The monoisotopic (exact) mass is 2010 g/mol. The van der Waals surface area contributed by atoms with E-state index in [9.17, 15) is 84.9 Å². The van der Waals surface area contributed by atoms with E-state index in [1.54, 1.807) is 128 Å². The topological polar surface area (TPSA) is 355 Å². The summed E-state index contributed by atoms with van der Waals surface area (Å²) in [6.07, 6.45) is -0.277. The van der Waals surface area contributed by atoms with Crippen molar-refractivity contribution in [3.05, 3.63) is 405 Å². The molecule has 3 heterocycles. The van der Waals surface area contributed by atoms with Crippen LogP contribution in [0.15, 0.2) is 309 Å². The maximum atomic E-state index is 13.5. The molecule has 25 nitrogen and oxygen atoms in total. The number of carboxylic acid groups (broad SMARTS) is 1. The van der Waals surface area contributed by atoms with Gasteiger partial charge in [0.1, 0.15) is 28.6 Å². The van der Waals surface area contributed by atoms with E-state index in [4.69, 9.17) is 36.3 Å². The number of nitrogens with one attached hydrogen (secondary N) is 4. The molecule has 16 rings (SSSR count). The van der Waals surface area contributed by atoms with Crippen molar-refractivity contribution in [1.82, 2.24) is 31.1 Å². The molecule has 0 saturated carbocycles. The second kappa shape index (κ2) is 50.6. The van der Waals surface area contributed by atoms with Crippen LogP contribution < -0.4 is 36.5 Å². The number of benzene rings is 13. The van der Waals surface area contributed by atoms with Gasteiger partial charge in [-0.1, -0.05) is 266 Å². The molecule has 0 aliphatic carbocycles. The summed E-state index contributed by atoms with van der Waals surface area (Å²) in [5, 5.41) is 29.0. The van der Waals surface area contributed by atoms with Gasteiger partial charge in [0.25, 0.3) is 35.4 Å². The molecule has 0 unspecified atom stereocenters. The Morgan fingerprint density at radius 3 is 1.00 bits per heavy atom. The number of amides is 9. The predicted octanol–water partition coefficient (Wildman–Crippen LogP) is 21.9. The van der Waals surface area contributed by atoms with Gasteiger partial charge in [-0.15, -0.1) is 0 Å². The molecule has 0 saturated heterocycles. The Hall–Kier alpha value is -16.3. The smallest absolute Gasteiger partial charge is 0.408 e. The molecule has 13 aromatic rings.